The maximum Gasteiger partial charge on any atom is 0.157 e. The molecule has 9 aliphatic heterocycles. The van der Waals surface area contributed by atoms with Crippen LogP contribution in [0.5, 0.6) is 17.2 Å². The van der Waals surface area contributed by atoms with E-state index in [4.69, 9.17) is 14.2 Å². The first-order valence-electron chi connectivity index (χ1n) is 32.4. The number of halogens is 3. The van der Waals surface area contributed by atoms with E-state index < -0.39 is 12.6 Å². The molecule has 3 aromatic rings. The molecule has 13 atom stereocenters. The second-order valence-electron chi connectivity index (χ2n) is 26.0. The summed E-state index contributed by atoms with van der Waals surface area (Å²) in [4.78, 5) is 4.70. The van der Waals surface area contributed by atoms with Gasteiger partial charge in [0.05, 0.1) is 58.9 Å². The Bertz CT molecular complexity index is 3020. The molecular formula is C65H96F3N15O3. The Morgan fingerprint density at radius 1 is 0.581 bits per heavy atom. The number of benzene rings is 3. The third kappa shape index (κ3) is 13.7. The monoisotopic (exact) mass is 1190 g/mol. The molecule has 470 valence electrons. The van der Waals surface area contributed by atoms with Gasteiger partial charge in [0.2, 0.25) is 0 Å². The summed E-state index contributed by atoms with van der Waals surface area (Å²) in [6, 6.07) is 6.74. The second kappa shape index (κ2) is 27.0. The largest absolute Gasteiger partial charge is 0.492 e. The van der Waals surface area contributed by atoms with E-state index in [9.17, 15) is 0 Å². The van der Waals surface area contributed by atoms with Gasteiger partial charge in [0.15, 0.2) is 17.5 Å². The molecule has 86 heavy (non-hydrogen) atoms. The van der Waals surface area contributed by atoms with E-state index in [0.717, 1.165) is 124 Å². The van der Waals surface area contributed by atoms with Crippen LogP contribution in [0.2, 0.25) is 0 Å². The van der Waals surface area contributed by atoms with Gasteiger partial charge in [-0.05, 0) is 161 Å². The molecule has 0 amide bonds. The zero-order valence-corrected chi connectivity index (χ0v) is 51.9. The molecule has 0 spiro atoms. The molecule has 0 saturated carbocycles. The van der Waals surface area contributed by atoms with Crippen LogP contribution in [0.4, 0.5) is 30.2 Å². The first kappa shape index (κ1) is 61.2. The maximum absolute atomic E-state index is 17.6. The third-order valence-corrected chi connectivity index (χ3v) is 19.3. The molecule has 0 radical (unpaired) electrons. The Kier molecular flexibility index (Phi) is 19.2. The fraction of sp³-hybridized carbons (Fsp3) is 0.631. The number of ether oxygens (including phenoxy) is 3. The van der Waals surface area contributed by atoms with Crippen LogP contribution < -0.4 is 83.3 Å². The van der Waals surface area contributed by atoms with Crippen molar-refractivity contribution in [3.05, 3.63) is 87.3 Å². The van der Waals surface area contributed by atoms with E-state index in [2.05, 4.69) is 146 Å². The molecule has 21 heteroatoms. The average Bonchev–Trinajstić information content (AvgIpc) is 1.86. The Hall–Kier alpha value is -5.01. The number of nitrogens with one attached hydrogen (secondary N) is 13. The Morgan fingerprint density at radius 2 is 1.09 bits per heavy atom. The maximum atomic E-state index is 17.6. The van der Waals surface area contributed by atoms with Gasteiger partial charge in [-0.2, -0.15) is 0 Å². The fourth-order valence-corrected chi connectivity index (χ4v) is 14.5. The van der Waals surface area contributed by atoms with E-state index in [1.165, 1.54) is 0 Å². The molecule has 3 aromatic carbocycles. The van der Waals surface area contributed by atoms with Crippen molar-refractivity contribution in [1.82, 2.24) is 63.0 Å². The first-order valence-corrected chi connectivity index (χ1v) is 32.4. The predicted molar refractivity (Wildman–Crippen MR) is 338 cm³/mol. The zero-order chi connectivity index (χ0) is 59.8. The average molecular weight is 1190 g/mol. The lowest BCUT2D eigenvalue weighted by Gasteiger charge is -2.38. The van der Waals surface area contributed by atoms with Crippen molar-refractivity contribution in [3.63, 3.8) is 0 Å². The van der Waals surface area contributed by atoms with Gasteiger partial charge in [-0.3, -0.25) is 47.4 Å². The first-order chi connectivity index (χ1) is 41.6. The number of anilines is 3. The Balaban J connectivity index is 0.720. The van der Waals surface area contributed by atoms with Gasteiger partial charge < -0.3 is 45.7 Å². The lowest BCUT2D eigenvalue weighted by molar-refractivity contribution is 0.188. The lowest BCUT2D eigenvalue weighted by atomic mass is 9.95. The number of nitrogens with zero attached hydrogens (tertiary/aromatic N) is 2. The summed E-state index contributed by atoms with van der Waals surface area (Å²) in [7, 11) is 4.06. The van der Waals surface area contributed by atoms with Crippen LogP contribution in [0.15, 0.2) is 36.4 Å². The van der Waals surface area contributed by atoms with Crippen LogP contribution in [0.1, 0.15) is 133 Å². The Morgan fingerprint density at radius 3 is 1.67 bits per heavy atom. The molecule has 3 saturated heterocycles. The van der Waals surface area contributed by atoms with Crippen LogP contribution in [-0.2, 0) is 19.3 Å². The van der Waals surface area contributed by atoms with Gasteiger partial charge in [0, 0.05) is 92.3 Å². The molecule has 18 nitrogen and oxygen atoms in total. The lowest BCUT2D eigenvalue weighted by Crippen LogP contribution is -2.65. The minimum Gasteiger partial charge on any atom is -0.492 e. The van der Waals surface area contributed by atoms with E-state index in [-0.39, 0.29) is 78.6 Å². The van der Waals surface area contributed by atoms with Gasteiger partial charge in [-0.15, -0.1) is 0 Å². The summed E-state index contributed by atoms with van der Waals surface area (Å²) in [6.07, 6.45) is 14.2. The highest BCUT2D eigenvalue weighted by atomic mass is 19.1. The van der Waals surface area contributed by atoms with E-state index in [1.807, 2.05) is 25.2 Å². The second-order valence-corrected chi connectivity index (χ2v) is 26.0. The van der Waals surface area contributed by atoms with Crippen molar-refractivity contribution < 1.29 is 27.4 Å². The van der Waals surface area contributed by atoms with E-state index in [1.54, 1.807) is 0 Å². The summed E-state index contributed by atoms with van der Waals surface area (Å²) >= 11 is 0. The smallest absolute Gasteiger partial charge is 0.157 e. The number of allylic oxidation sites excluding steroid dienone is 3. The van der Waals surface area contributed by atoms with Crippen LogP contribution in [-0.4, -0.2) is 156 Å². The van der Waals surface area contributed by atoms with Crippen LogP contribution >= 0.6 is 0 Å². The molecule has 12 rings (SSSR count). The van der Waals surface area contributed by atoms with Gasteiger partial charge in [-0.25, -0.2) is 13.2 Å². The topological polar surface area (TPSA) is 191 Å². The van der Waals surface area contributed by atoms with Crippen molar-refractivity contribution in [2.45, 2.75) is 198 Å². The van der Waals surface area contributed by atoms with Crippen molar-refractivity contribution in [1.29, 1.82) is 0 Å². The molecule has 3 fully saturated rings. The molecule has 13 unspecified atom stereocenters. The summed E-state index contributed by atoms with van der Waals surface area (Å²) in [6.45, 7) is 18.8. The zero-order valence-electron chi connectivity index (χ0n) is 51.9. The number of likely N-dealkylation sites (N-methyl/N-ethyl adjacent to an activating group) is 2. The van der Waals surface area contributed by atoms with Gasteiger partial charge in [-0.1, -0.05) is 25.2 Å². The number of hydrogen-bond donors (Lipinski definition) is 13. The quantitative estimate of drug-likeness (QED) is 0.0694. The summed E-state index contributed by atoms with van der Waals surface area (Å²) in [5.41, 5.74) is 8.94. The minimum absolute atomic E-state index is 0.0864. The van der Waals surface area contributed by atoms with Gasteiger partial charge >= 0.3 is 0 Å². The minimum atomic E-state index is -0.463. The molecular weight excluding hydrogens is 1100 g/mol. The predicted octanol–water partition coefficient (Wildman–Crippen LogP) is 6.58. The Labute approximate surface area is 507 Å². The number of rotatable bonds is 17. The van der Waals surface area contributed by atoms with Crippen molar-refractivity contribution in [2.75, 3.05) is 82.5 Å². The van der Waals surface area contributed by atoms with E-state index in [0.29, 0.717) is 96.1 Å². The third-order valence-electron chi connectivity index (χ3n) is 19.3. The van der Waals surface area contributed by atoms with Crippen LogP contribution in [0.25, 0.3) is 16.7 Å². The van der Waals surface area contributed by atoms with Crippen molar-refractivity contribution in [2.24, 2.45) is 0 Å². The SMILES string of the molecule is CCN1CC=C(c2c(F)c(NC3NC(C)CC(NCC4Cc5cc(NC6NC(C)CC(NC)N6)c(F)c(C6=CC(C)N(C)CCC6)c5O4)N3)cc3c2OC(CNC2CC(C)NC(Nc4cc5c(c(C6=CCNC(C)CC6)c4F)OCC5)N2)C3)CCC1. The fourth-order valence-electron chi connectivity index (χ4n) is 14.5. The molecule has 0 aliphatic carbocycles. The standard InChI is InChI=1S/C65H96F3N15O3/c1-9-83-21-11-12-40(17-22-83)55-58(67)49(31-44-28-46(85-61(44)55)33-71-52-25-37(4)74-64(80-52)76-48-30-43-18-23-84-60(43)54(57(48)66)41-15-14-35(2)70-19-16-41)78-65-75-38(5)26-53(81-65)72-34-47-29-45-32-50(77-63-73-36(3)24-51(69-7)79-63)59(68)56(62(45)86-47)42-13-10-20-82(8)39(6)27-42/h16-17,27,30-32,35-39,46-47,51-53,63-65,69-81H,9-15,18-26,28-29,33-34H2,1-8H3. The van der Waals surface area contributed by atoms with Crippen LogP contribution in [0.3, 0.4) is 0 Å². The molecule has 9 heterocycles. The summed E-state index contributed by atoms with van der Waals surface area (Å²) < 4.78 is 71.3. The summed E-state index contributed by atoms with van der Waals surface area (Å²) in [5.74, 6) is 1.05. The highest BCUT2D eigenvalue weighted by Crippen LogP contribution is 2.46. The molecule has 0 bridgehead atoms. The van der Waals surface area contributed by atoms with Gasteiger partial charge in [0.25, 0.3) is 0 Å². The number of hydrogen-bond acceptors (Lipinski definition) is 18. The highest BCUT2D eigenvalue weighted by molar-refractivity contribution is 5.80. The molecule has 9 aliphatic rings. The number of fused-ring (bicyclic) bond motifs is 3. The highest BCUT2D eigenvalue weighted by Gasteiger charge is 2.38. The molecule has 13 N–H and O–H groups in total. The van der Waals surface area contributed by atoms with Gasteiger partial charge in [0.1, 0.15) is 48.3 Å². The van der Waals surface area contributed by atoms with E-state index >= 15 is 13.2 Å². The molecule has 0 aromatic heterocycles. The van der Waals surface area contributed by atoms with Crippen molar-refractivity contribution in [3.8, 4) is 17.2 Å². The van der Waals surface area contributed by atoms with Crippen molar-refractivity contribution >= 4 is 33.8 Å². The normalized spacial score (nSPS) is 31.6. The van der Waals surface area contributed by atoms with Crippen LogP contribution in [0, 0.1) is 17.5 Å². The summed E-state index contributed by atoms with van der Waals surface area (Å²) in [5, 5.41) is 46.5.